The second-order valence-electron chi connectivity index (χ2n) is 3.17. The first-order chi connectivity index (χ1) is 6.65. The molecule has 0 aromatic heterocycles. The predicted molar refractivity (Wildman–Crippen MR) is 59.9 cm³/mol. The molecule has 0 atom stereocenters. The van der Waals surface area contributed by atoms with Crippen molar-refractivity contribution in [2.45, 2.75) is 6.54 Å². The number of hydrogen-bond acceptors (Lipinski definition) is 2. The molecule has 0 saturated carbocycles. The van der Waals surface area contributed by atoms with Crippen molar-refractivity contribution in [3.8, 4) is 0 Å². The number of halogens is 2. The van der Waals surface area contributed by atoms with Crippen molar-refractivity contribution in [2.24, 2.45) is 0 Å². The molecule has 78 valence electrons. The van der Waals surface area contributed by atoms with E-state index in [4.69, 9.17) is 28.3 Å². The Bertz CT molecular complexity index is 304. The van der Waals surface area contributed by atoms with Crippen molar-refractivity contribution in [2.75, 3.05) is 20.2 Å². The van der Waals surface area contributed by atoms with Gasteiger partial charge in [0.2, 0.25) is 0 Å². The molecule has 1 rings (SSSR count). The van der Waals surface area contributed by atoms with Gasteiger partial charge < -0.3 is 5.11 Å². The van der Waals surface area contributed by atoms with Crippen molar-refractivity contribution in [3.63, 3.8) is 0 Å². The zero-order valence-corrected chi connectivity index (χ0v) is 9.52. The van der Waals surface area contributed by atoms with Crippen LogP contribution in [-0.2, 0) is 6.54 Å². The zero-order chi connectivity index (χ0) is 10.6. The molecule has 0 amide bonds. The summed E-state index contributed by atoms with van der Waals surface area (Å²) >= 11 is 11.9. The molecule has 0 heterocycles. The molecule has 0 unspecified atom stereocenters. The van der Waals surface area contributed by atoms with Gasteiger partial charge in [0.15, 0.2) is 0 Å². The van der Waals surface area contributed by atoms with E-state index in [-0.39, 0.29) is 6.61 Å². The van der Waals surface area contributed by atoms with Gasteiger partial charge in [-0.05, 0) is 18.7 Å². The van der Waals surface area contributed by atoms with E-state index < -0.39 is 0 Å². The van der Waals surface area contributed by atoms with Crippen LogP contribution in [0.5, 0.6) is 0 Å². The van der Waals surface area contributed by atoms with Gasteiger partial charge in [0.05, 0.1) is 16.7 Å². The third-order valence-corrected chi connectivity index (χ3v) is 2.81. The second kappa shape index (κ2) is 5.56. The summed E-state index contributed by atoms with van der Waals surface area (Å²) < 4.78 is 0. The van der Waals surface area contributed by atoms with Crippen molar-refractivity contribution < 1.29 is 5.11 Å². The monoisotopic (exact) mass is 233 g/mol. The molecule has 0 fully saturated rings. The second-order valence-corrected chi connectivity index (χ2v) is 3.96. The Labute approximate surface area is 94.1 Å². The molecule has 1 N–H and O–H groups in total. The topological polar surface area (TPSA) is 23.5 Å². The zero-order valence-electron chi connectivity index (χ0n) is 8.00. The van der Waals surface area contributed by atoms with Gasteiger partial charge in [-0.25, -0.2) is 0 Å². The van der Waals surface area contributed by atoms with Gasteiger partial charge in [0, 0.05) is 13.1 Å². The molecule has 0 radical (unpaired) electrons. The van der Waals surface area contributed by atoms with Crippen LogP contribution in [0.4, 0.5) is 0 Å². The molecule has 0 spiro atoms. The van der Waals surface area contributed by atoms with Crippen LogP contribution in [0.25, 0.3) is 0 Å². The normalized spacial score (nSPS) is 10.9. The Kier molecular flexibility index (Phi) is 4.69. The lowest BCUT2D eigenvalue weighted by atomic mass is 10.2. The summed E-state index contributed by atoms with van der Waals surface area (Å²) in [5.74, 6) is 0. The summed E-state index contributed by atoms with van der Waals surface area (Å²) in [5.41, 5.74) is 0.982. The van der Waals surface area contributed by atoms with Crippen LogP contribution in [0.2, 0.25) is 10.0 Å². The third kappa shape index (κ3) is 3.14. The third-order valence-electron chi connectivity index (χ3n) is 1.95. The van der Waals surface area contributed by atoms with E-state index in [9.17, 15) is 0 Å². The quantitative estimate of drug-likeness (QED) is 0.864. The smallest absolute Gasteiger partial charge is 0.0637 e. The van der Waals surface area contributed by atoms with E-state index in [1.165, 1.54) is 0 Å². The maximum absolute atomic E-state index is 8.74. The average molecular weight is 234 g/mol. The number of aliphatic hydroxyl groups is 1. The van der Waals surface area contributed by atoms with Gasteiger partial charge in [-0.1, -0.05) is 35.3 Å². The largest absolute Gasteiger partial charge is 0.395 e. The standard InChI is InChI=1S/C10H13Cl2NO/c1-13(5-6-14)7-8-3-2-4-9(11)10(8)12/h2-4,14H,5-7H2,1H3. The fourth-order valence-electron chi connectivity index (χ4n) is 1.21. The lowest BCUT2D eigenvalue weighted by molar-refractivity contribution is 0.217. The summed E-state index contributed by atoms with van der Waals surface area (Å²) in [4.78, 5) is 1.98. The van der Waals surface area contributed by atoms with Gasteiger partial charge in [-0.3, -0.25) is 4.90 Å². The molecule has 0 saturated heterocycles. The number of likely N-dealkylation sites (N-methyl/N-ethyl adjacent to an activating group) is 1. The van der Waals surface area contributed by atoms with Crippen LogP contribution in [0.1, 0.15) is 5.56 Å². The van der Waals surface area contributed by atoms with Crippen molar-refractivity contribution >= 4 is 23.2 Å². The Balaban J connectivity index is 2.71. The summed E-state index contributed by atoms with van der Waals surface area (Å²) in [6.07, 6.45) is 0. The molecule has 0 bridgehead atoms. The molecule has 2 nitrogen and oxygen atoms in total. The Morgan fingerprint density at radius 2 is 2.07 bits per heavy atom. The summed E-state index contributed by atoms with van der Waals surface area (Å²) in [6, 6.07) is 5.57. The molecule has 0 aliphatic heterocycles. The van der Waals surface area contributed by atoms with E-state index in [1.54, 1.807) is 6.07 Å². The van der Waals surface area contributed by atoms with Crippen molar-refractivity contribution in [1.29, 1.82) is 0 Å². The molecule has 0 aliphatic carbocycles. The fraction of sp³-hybridized carbons (Fsp3) is 0.400. The van der Waals surface area contributed by atoms with Gasteiger partial charge in [-0.15, -0.1) is 0 Å². The van der Waals surface area contributed by atoms with E-state index in [0.29, 0.717) is 23.1 Å². The minimum atomic E-state index is 0.148. The van der Waals surface area contributed by atoms with E-state index in [2.05, 4.69) is 0 Å². The molecular weight excluding hydrogens is 221 g/mol. The van der Waals surface area contributed by atoms with Crippen molar-refractivity contribution in [1.82, 2.24) is 4.90 Å². The molecule has 14 heavy (non-hydrogen) atoms. The number of hydrogen-bond donors (Lipinski definition) is 1. The average Bonchev–Trinajstić information content (AvgIpc) is 2.13. The van der Waals surface area contributed by atoms with Crippen LogP contribution in [0.3, 0.4) is 0 Å². The summed E-state index contributed by atoms with van der Waals surface area (Å²) in [6.45, 7) is 1.47. The Morgan fingerprint density at radius 1 is 1.36 bits per heavy atom. The van der Waals surface area contributed by atoms with Crippen molar-refractivity contribution in [3.05, 3.63) is 33.8 Å². The van der Waals surface area contributed by atoms with Gasteiger partial charge in [-0.2, -0.15) is 0 Å². The van der Waals surface area contributed by atoms with Gasteiger partial charge in [0.25, 0.3) is 0 Å². The first-order valence-electron chi connectivity index (χ1n) is 4.37. The maximum atomic E-state index is 8.74. The van der Waals surface area contributed by atoms with Crippen LogP contribution in [0, 0.1) is 0 Å². The van der Waals surface area contributed by atoms with E-state index >= 15 is 0 Å². The lowest BCUT2D eigenvalue weighted by Crippen LogP contribution is -2.21. The van der Waals surface area contributed by atoms with Gasteiger partial charge >= 0.3 is 0 Å². The highest BCUT2D eigenvalue weighted by Crippen LogP contribution is 2.26. The number of nitrogens with zero attached hydrogens (tertiary/aromatic N) is 1. The Morgan fingerprint density at radius 3 is 2.71 bits per heavy atom. The number of benzene rings is 1. The molecule has 1 aromatic rings. The van der Waals surface area contributed by atoms with Crippen LogP contribution in [-0.4, -0.2) is 30.2 Å². The fourth-order valence-corrected chi connectivity index (χ4v) is 1.59. The Hall–Kier alpha value is -0.280. The predicted octanol–water partition coefficient (Wildman–Crippen LogP) is 2.42. The van der Waals surface area contributed by atoms with Crippen LogP contribution >= 0.6 is 23.2 Å². The summed E-state index contributed by atoms with van der Waals surface area (Å²) in [7, 11) is 1.92. The molecular formula is C10H13Cl2NO. The highest BCUT2D eigenvalue weighted by molar-refractivity contribution is 6.42. The van der Waals surface area contributed by atoms with Crippen LogP contribution in [0.15, 0.2) is 18.2 Å². The minimum absolute atomic E-state index is 0.148. The highest BCUT2D eigenvalue weighted by Gasteiger charge is 2.06. The molecule has 0 aliphatic rings. The minimum Gasteiger partial charge on any atom is -0.395 e. The highest BCUT2D eigenvalue weighted by atomic mass is 35.5. The molecule has 4 heteroatoms. The first kappa shape index (κ1) is 11.8. The number of rotatable bonds is 4. The summed E-state index contributed by atoms with van der Waals surface area (Å²) in [5, 5.41) is 9.91. The molecule has 1 aromatic carbocycles. The van der Waals surface area contributed by atoms with Gasteiger partial charge in [0.1, 0.15) is 0 Å². The number of aliphatic hydroxyl groups excluding tert-OH is 1. The SMILES string of the molecule is CN(CCO)Cc1cccc(Cl)c1Cl. The first-order valence-corrected chi connectivity index (χ1v) is 5.13. The lowest BCUT2D eigenvalue weighted by Gasteiger charge is -2.16. The van der Waals surface area contributed by atoms with E-state index in [1.807, 2.05) is 24.1 Å². The van der Waals surface area contributed by atoms with Crippen LogP contribution < -0.4 is 0 Å². The maximum Gasteiger partial charge on any atom is 0.0637 e. The van der Waals surface area contributed by atoms with E-state index in [0.717, 1.165) is 5.56 Å².